The molecule has 0 bridgehead atoms. The minimum Gasteiger partial charge on any atom is -0.346 e. The molecule has 0 radical (unpaired) electrons. The molecule has 2 atom stereocenters. The molecular weight excluding hydrogens is 124 g/mol. The lowest BCUT2D eigenvalue weighted by molar-refractivity contribution is -0.105. The molecule has 1 aliphatic heterocycles. The lowest BCUT2D eigenvalue weighted by atomic mass is 10.7. The third-order valence-electron chi connectivity index (χ3n) is 1.01. The van der Waals surface area contributed by atoms with Crippen LogP contribution in [0.5, 0.6) is 0 Å². The Morgan fingerprint density at radius 1 is 1.67 bits per heavy atom. The van der Waals surface area contributed by atoms with Crippen molar-refractivity contribution < 1.29 is 14.3 Å². The summed E-state index contributed by atoms with van der Waals surface area (Å²) in [6, 6.07) is 0. The Kier molecular flexibility index (Phi) is 2.38. The molecule has 0 aromatic heterocycles. The van der Waals surface area contributed by atoms with Crippen molar-refractivity contribution in [3.63, 3.8) is 0 Å². The number of ether oxygens (including phenoxy) is 2. The highest BCUT2D eigenvalue weighted by Gasteiger charge is 2.22. The molecule has 4 N–H and O–H groups in total. The van der Waals surface area contributed by atoms with Gasteiger partial charge < -0.3 is 15.2 Å². The Balaban J connectivity index is 2.14. The summed E-state index contributed by atoms with van der Waals surface area (Å²) in [6.07, 6.45) is -0.713. The van der Waals surface area contributed by atoms with Crippen LogP contribution in [0.1, 0.15) is 0 Å². The van der Waals surface area contributed by atoms with Crippen LogP contribution < -0.4 is 11.6 Å². The molecule has 0 saturated carbocycles. The van der Waals surface area contributed by atoms with Gasteiger partial charge in [-0.15, -0.1) is 0 Å². The van der Waals surface area contributed by atoms with E-state index in [1.807, 2.05) is 0 Å². The van der Waals surface area contributed by atoms with Crippen molar-refractivity contribution in [2.24, 2.45) is 11.6 Å². The number of hydrogen-bond donors (Lipinski definition) is 2. The largest absolute Gasteiger partial charge is 0.346 e. The number of hydrogen-bond acceptors (Lipinski definition) is 5. The van der Waals surface area contributed by atoms with E-state index in [9.17, 15) is 0 Å². The summed E-state index contributed by atoms with van der Waals surface area (Å²) in [7, 11) is 0. The van der Waals surface area contributed by atoms with Gasteiger partial charge in [0, 0.05) is 0 Å². The summed E-state index contributed by atoms with van der Waals surface area (Å²) in [5, 5.41) is 0. The zero-order chi connectivity index (χ0) is 6.69. The van der Waals surface area contributed by atoms with Crippen molar-refractivity contribution >= 4 is 0 Å². The molecule has 1 rings (SSSR count). The van der Waals surface area contributed by atoms with Crippen molar-refractivity contribution in [1.82, 2.24) is 0 Å². The summed E-state index contributed by atoms with van der Waals surface area (Å²) >= 11 is 0. The molecule has 1 aliphatic rings. The Morgan fingerprint density at radius 2 is 2.44 bits per heavy atom. The molecule has 0 amide bonds. The Labute approximate surface area is 52.8 Å². The van der Waals surface area contributed by atoms with Gasteiger partial charge in [-0.25, -0.2) is 5.90 Å². The van der Waals surface area contributed by atoms with Gasteiger partial charge in [-0.3, -0.25) is 4.84 Å². The van der Waals surface area contributed by atoms with Crippen molar-refractivity contribution in [3.8, 4) is 0 Å². The molecule has 5 nitrogen and oxygen atoms in total. The van der Waals surface area contributed by atoms with Crippen molar-refractivity contribution in [2.75, 3.05) is 13.2 Å². The van der Waals surface area contributed by atoms with E-state index >= 15 is 0 Å². The normalized spacial score (nSPS) is 35.3. The first-order valence-electron chi connectivity index (χ1n) is 2.67. The highest BCUT2D eigenvalue weighted by molar-refractivity contribution is 4.56. The fraction of sp³-hybridized carbons (Fsp3) is 1.00. The fourth-order valence-electron chi connectivity index (χ4n) is 0.642. The quantitative estimate of drug-likeness (QED) is 0.451. The van der Waals surface area contributed by atoms with Gasteiger partial charge >= 0.3 is 0 Å². The van der Waals surface area contributed by atoms with E-state index in [2.05, 4.69) is 4.84 Å². The minimum absolute atomic E-state index is 0.230. The van der Waals surface area contributed by atoms with Gasteiger partial charge in [0.25, 0.3) is 0 Å². The third-order valence-corrected chi connectivity index (χ3v) is 1.01. The molecule has 54 valence electrons. The molecule has 0 aromatic rings. The van der Waals surface area contributed by atoms with Crippen LogP contribution in [0.4, 0.5) is 0 Å². The van der Waals surface area contributed by atoms with Crippen LogP contribution in [-0.4, -0.2) is 25.7 Å². The predicted molar refractivity (Wildman–Crippen MR) is 28.9 cm³/mol. The highest BCUT2D eigenvalue weighted by Crippen LogP contribution is 2.06. The average Bonchev–Trinajstić information content (AvgIpc) is 2.17. The lowest BCUT2D eigenvalue weighted by Gasteiger charge is -2.05. The van der Waals surface area contributed by atoms with Gasteiger partial charge in [0.05, 0.1) is 6.61 Å². The predicted octanol–water partition coefficient (Wildman–Crippen LogP) is -1.47. The molecule has 5 heteroatoms. The maximum atomic E-state index is 5.31. The molecule has 1 heterocycles. The molecular formula is C4H10N2O3. The molecule has 2 unspecified atom stereocenters. The summed E-state index contributed by atoms with van der Waals surface area (Å²) < 4.78 is 9.91. The van der Waals surface area contributed by atoms with Crippen LogP contribution >= 0.6 is 0 Å². The van der Waals surface area contributed by atoms with Crippen molar-refractivity contribution in [3.05, 3.63) is 0 Å². The van der Waals surface area contributed by atoms with Crippen LogP contribution in [0.3, 0.4) is 0 Å². The van der Waals surface area contributed by atoms with E-state index in [0.717, 1.165) is 0 Å². The Morgan fingerprint density at radius 3 is 2.89 bits per heavy atom. The van der Waals surface area contributed by atoms with E-state index < -0.39 is 0 Å². The van der Waals surface area contributed by atoms with Crippen molar-refractivity contribution in [2.45, 2.75) is 12.5 Å². The second-order valence-electron chi connectivity index (χ2n) is 1.77. The first-order valence-corrected chi connectivity index (χ1v) is 2.67. The lowest BCUT2D eigenvalue weighted by Crippen LogP contribution is -2.24. The summed E-state index contributed by atoms with van der Waals surface area (Å²) in [5.74, 6) is 4.75. The van der Waals surface area contributed by atoms with E-state index in [4.69, 9.17) is 21.1 Å². The van der Waals surface area contributed by atoms with Crippen LogP contribution in [0, 0.1) is 0 Å². The van der Waals surface area contributed by atoms with Gasteiger partial charge in [0.1, 0.15) is 12.8 Å². The molecule has 0 aromatic carbocycles. The van der Waals surface area contributed by atoms with E-state index in [0.29, 0.717) is 6.61 Å². The van der Waals surface area contributed by atoms with Crippen LogP contribution in [0.25, 0.3) is 0 Å². The summed E-state index contributed by atoms with van der Waals surface area (Å²) in [6.45, 7) is 0.641. The van der Waals surface area contributed by atoms with Gasteiger partial charge in [-0.05, 0) is 0 Å². The third kappa shape index (κ3) is 1.88. The Hall–Kier alpha value is -0.200. The Bertz CT molecular complexity index is 87.9. The van der Waals surface area contributed by atoms with Crippen LogP contribution in [0.2, 0.25) is 0 Å². The van der Waals surface area contributed by atoms with Gasteiger partial charge in [-0.1, -0.05) is 0 Å². The van der Waals surface area contributed by atoms with E-state index in [1.54, 1.807) is 0 Å². The highest BCUT2D eigenvalue weighted by atomic mass is 16.8. The zero-order valence-corrected chi connectivity index (χ0v) is 4.95. The van der Waals surface area contributed by atoms with E-state index in [-0.39, 0.29) is 19.1 Å². The van der Waals surface area contributed by atoms with Crippen LogP contribution in [0.15, 0.2) is 0 Å². The van der Waals surface area contributed by atoms with E-state index in [1.165, 1.54) is 0 Å². The number of rotatable bonds is 2. The average molecular weight is 134 g/mol. The van der Waals surface area contributed by atoms with Gasteiger partial charge in [-0.2, -0.15) is 0 Å². The molecule has 1 fully saturated rings. The smallest absolute Gasteiger partial charge is 0.185 e. The molecule has 9 heavy (non-hydrogen) atoms. The second kappa shape index (κ2) is 3.09. The number of nitrogens with two attached hydrogens (primary N) is 2. The monoisotopic (exact) mass is 134 g/mol. The first-order chi connectivity index (χ1) is 4.33. The maximum Gasteiger partial charge on any atom is 0.185 e. The maximum absolute atomic E-state index is 5.31. The zero-order valence-electron chi connectivity index (χ0n) is 4.95. The summed E-state index contributed by atoms with van der Waals surface area (Å²) in [4.78, 5) is 4.27. The van der Waals surface area contributed by atoms with Gasteiger partial charge in [0.15, 0.2) is 6.29 Å². The first kappa shape index (κ1) is 6.91. The van der Waals surface area contributed by atoms with Crippen molar-refractivity contribution in [1.29, 1.82) is 0 Å². The molecule has 1 saturated heterocycles. The SMILES string of the molecule is NOCC1OCC(N)O1. The fourth-order valence-corrected chi connectivity index (χ4v) is 0.642. The standard InChI is InChI=1S/C4H10N2O3/c5-3-1-7-4(9-3)2-8-6/h3-4H,1-2,5-6H2. The molecule has 0 aliphatic carbocycles. The topological polar surface area (TPSA) is 79.7 Å². The molecule has 0 spiro atoms. The summed E-state index contributed by atoms with van der Waals surface area (Å²) in [5.41, 5.74) is 5.31. The second-order valence-corrected chi connectivity index (χ2v) is 1.77. The van der Waals surface area contributed by atoms with Gasteiger partial charge in [0.2, 0.25) is 0 Å². The minimum atomic E-state index is -0.384. The van der Waals surface area contributed by atoms with Crippen LogP contribution in [-0.2, 0) is 14.3 Å².